The highest BCUT2D eigenvalue weighted by Gasteiger charge is 2.40. The zero-order valence-corrected chi connectivity index (χ0v) is 18.7. The van der Waals surface area contributed by atoms with Crippen molar-refractivity contribution in [2.75, 3.05) is 5.73 Å². The van der Waals surface area contributed by atoms with Crippen molar-refractivity contribution in [3.05, 3.63) is 101 Å². The van der Waals surface area contributed by atoms with Crippen molar-refractivity contribution in [2.45, 2.75) is 24.3 Å². The second-order valence-corrected chi connectivity index (χ2v) is 8.89. The lowest BCUT2D eigenvalue weighted by atomic mass is 9.73. The summed E-state index contributed by atoms with van der Waals surface area (Å²) in [5, 5.41) is 1.67. The van der Waals surface area contributed by atoms with Gasteiger partial charge in [-0.05, 0) is 35.4 Å². The third kappa shape index (κ3) is 4.13. The van der Waals surface area contributed by atoms with Crippen LogP contribution in [0.2, 0.25) is 0 Å². The van der Waals surface area contributed by atoms with Crippen molar-refractivity contribution in [1.82, 2.24) is 4.98 Å². The van der Waals surface area contributed by atoms with Crippen molar-refractivity contribution in [3.63, 3.8) is 0 Å². The quantitative estimate of drug-likeness (QED) is 0.208. The van der Waals surface area contributed by atoms with Gasteiger partial charge in [0.15, 0.2) is 0 Å². The smallest absolute Gasteiger partial charge is 0.398 e. The fourth-order valence-corrected chi connectivity index (χ4v) is 4.98. The van der Waals surface area contributed by atoms with Crippen LogP contribution in [-0.2, 0) is 6.18 Å². The van der Waals surface area contributed by atoms with E-state index in [0.29, 0.717) is 11.1 Å². The zero-order chi connectivity index (χ0) is 25.8. The van der Waals surface area contributed by atoms with Crippen LogP contribution in [0.5, 0.6) is 0 Å². The van der Waals surface area contributed by atoms with Gasteiger partial charge in [-0.2, -0.15) is 26.3 Å². The minimum absolute atomic E-state index is 0.0322. The molecule has 36 heavy (non-hydrogen) atoms. The van der Waals surface area contributed by atoms with E-state index in [1.165, 1.54) is 6.08 Å². The van der Waals surface area contributed by atoms with Gasteiger partial charge in [-0.3, -0.25) is 0 Å². The van der Waals surface area contributed by atoms with Gasteiger partial charge in [-0.25, -0.2) is 0 Å². The van der Waals surface area contributed by atoms with E-state index in [1.54, 1.807) is 12.1 Å². The number of aromatic nitrogens is 1. The summed E-state index contributed by atoms with van der Waals surface area (Å²) in [4.78, 5) is 3.29. The SMILES string of the molecule is Nc1ccc(C(F)(F)F)cc1C(c1cccc2c1[nH]c1ccccc12)C1C=C(C(F)(F)F)C=CC1N. The Labute approximate surface area is 202 Å². The predicted molar refractivity (Wildman–Crippen MR) is 128 cm³/mol. The molecular weight excluding hydrogens is 480 g/mol. The molecule has 0 saturated carbocycles. The Balaban J connectivity index is 1.81. The maximum absolute atomic E-state index is 13.7. The molecule has 0 fully saturated rings. The molecule has 0 saturated heterocycles. The summed E-state index contributed by atoms with van der Waals surface area (Å²) in [5.74, 6) is -2.02. The molecule has 1 aliphatic rings. The predicted octanol–water partition coefficient (Wildman–Crippen LogP) is 7.06. The number of H-pyrrole nitrogens is 1. The number of alkyl halides is 6. The maximum Gasteiger partial charge on any atom is 0.416 e. The highest BCUT2D eigenvalue weighted by molar-refractivity contribution is 6.08. The monoisotopic (exact) mass is 501 g/mol. The molecule has 5 N–H and O–H groups in total. The van der Waals surface area contributed by atoms with Crippen LogP contribution < -0.4 is 11.5 Å². The fourth-order valence-electron chi connectivity index (χ4n) is 4.98. The Hall–Kier alpha value is -3.72. The number of nitrogens with two attached hydrogens (primary N) is 2. The molecule has 0 aliphatic heterocycles. The summed E-state index contributed by atoms with van der Waals surface area (Å²) in [6.07, 6.45) is -6.18. The van der Waals surface area contributed by atoms with Gasteiger partial charge >= 0.3 is 12.4 Å². The average Bonchev–Trinajstić information content (AvgIpc) is 3.19. The van der Waals surface area contributed by atoms with E-state index < -0.39 is 41.4 Å². The molecule has 4 aromatic rings. The molecule has 1 aromatic heterocycles. The third-order valence-electron chi connectivity index (χ3n) is 6.68. The molecule has 3 aromatic carbocycles. The number of hydrogen-bond donors (Lipinski definition) is 3. The van der Waals surface area contributed by atoms with E-state index in [2.05, 4.69) is 4.98 Å². The van der Waals surface area contributed by atoms with E-state index in [9.17, 15) is 26.3 Å². The number of nitrogens with one attached hydrogen (secondary N) is 1. The van der Waals surface area contributed by atoms with E-state index >= 15 is 0 Å². The van der Waals surface area contributed by atoms with E-state index in [0.717, 1.165) is 46.6 Å². The number of benzene rings is 3. The summed E-state index contributed by atoms with van der Waals surface area (Å²) >= 11 is 0. The fraction of sp³-hybridized carbons (Fsp3) is 0.185. The van der Waals surface area contributed by atoms with Gasteiger partial charge in [0, 0.05) is 39.9 Å². The van der Waals surface area contributed by atoms with Crippen LogP contribution in [0.1, 0.15) is 22.6 Å². The number of anilines is 1. The standard InChI is InChI=1S/C27H21F6N3/c28-26(29,30)14-8-10-21(34)19(12-14)24(20-13-15(27(31,32)33)9-11-22(20)35)18-6-3-5-17-16-4-1-2-7-23(16)36-25(17)18/h1-13,19,21,24,36H,34-35H2. The zero-order valence-electron chi connectivity index (χ0n) is 18.7. The molecule has 186 valence electrons. The Morgan fingerprint density at radius 2 is 1.53 bits per heavy atom. The molecule has 3 nitrogen and oxygen atoms in total. The number of aromatic amines is 1. The number of nitrogen functional groups attached to an aromatic ring is 1. The number of fused-ring (bicyclic) bond motifs is 3. The summed E-state index contributed by atoms with van der Waals surface area (Å²) in [5.41, 5.74) is 12.6. The van der Waals surface area contributed by atoms with Crippen molar-refractivity contribution in [3.8, 4) is 0 Å². The van der Waals surface area contributed by atoms with E-state index in [-0.39, 0.29) is 11.3 Å². The van der Waals surface area contributed by atoms with Gasteiger partial charge < -0.3 is 16.5 Å². The van der Waals surface area contributed by atoms with Gasteiger partial charge in [0.25, 0.3) is 0 Å². The van der Waals surface area contributed by atoms with Crippen LogP contribution in [0.15, 0.2) is 84.5 Å². The number of hydrogen-bond acceptors (Lipinski definition) is 2. The van der Waals surface area contributed by atoms with E-state index in [1.807, 2.05) is 30.3 Å². The first kappa shape index (κ1) is 24.0. The van der Waals surface area contributed by atoms with Crippen LogP contribution in [-0.4, -0.2) is 17.2 Å². The molecule has 1 heterocycles. The van der Waals surface area contributed by atoms with Crippen LogP contribution >= 0.6 is 0 Å². The second-order valence-electron chi connectivity index (χ2n) is 8.89. The van der Waals surface area contributed by atoms with Crippen LogP contribution in [0, 0.1) is 5.92 Å². The molecule has 1 aliphatic carbocycles. The second kappa shape index (κ2) is 8.44. The number of rotatable bonds is 3. The number of para-hydroxylation sites is 2. The Kier molecular flexibility index (Phi) is 5.63. The molecule has 0 bridgehead atoms. The van der Waals surface area contributed by atoms with E-state index in [4.69, 9.17) is 11.5 Å². The molecule has 5 rings (SSSR count). The molecule has 9 heteroatoms. The number of allylic oxidation sites excluding steroid dienone is 2. The average molecular weight is 501 g/mol. The first-order valence-electron chi connectivity index (χ1n) is 11.1. The molecular formula is C27H21F6N3. The van der Waals surface area contributed by atoms with Gasteiger partial charge in [0.05, 0.1) is 16.7 Å². The summed E-state index contributed by atoms with van der Waals surface area (Å²) < 4.78 is 81.9. The molecule has 0 spiro atoms. The normalized spacial score (nSPS) is 19.6. The van der Waals surface area contributed by atoms with Crippen LogP contribution in [0.4, 0.5) is 32.0 Å². The topological polar surface area (TPSA) is 67.8 Å². The first-order valence-corrected chi connectivity index (χ1v) is 11.1. The highest BCUT2D eigenvalue weighted by atomic mass is 19.4. The third-order valence-corrected chi connectivity index (χ3v) is 6.68. The molecule has 3 atom stereocenters. The molecule has 0 radical (unpaired) electrons. The minimum Gasteiger partial charge on any atom is -0.398 e. The van der Waals surface area contributed by atoms with Crippen LogP contribution in [0.3, 0.4) is 0 Å². The maximum atomic E-state index is 13.7. The van der Waals surface area contributed by atoms with Gasteiger partial charge in [-0.1, -0.05) is 54.6 Å². The van der Waals surface area contributed by atoms with Crippen LogP contribution in [0.25, 0.3) is 21.8 Å². The lowest BCUT2D eigenvalue weighted by Crippen LogP contribution is -2.35. The van der Waals surface area contributed by atoms with Crippen molar-refractivity contribution >= 4 is 27.5 Å². The lowest BCUT2D eigenvalue weighted by Gasteiger charge is -2.33. The summed E-state index contributed by atoms with van der Waals surface area (Å²) in [6.45, 7) is 0. The summed E-state index contributed by atoms with van der Waals surface area (Å²) in [7, 11) is 0. The van der Waals surface area contributed by atoms with Gasteiger partial charge in [0.2, 0.25) is 0 Å². The van der Waals surface area contributed by atoms with Gasteiger partial charge in [-0.15, -0.1) is 0 Å². The first-order chi connectivity index (χ1) is 16.9. The Morgan fingerprint density at radius 1 is 0.806 bits per heavy atom. The minimum atomic E-state index is -4.67. The Bertz CT molecular complexity index is 1510. The van der Waals surface area contributed by atoms with Crippen molar-refractivity contribution < 1.29 is 26.3 Å². The van der Waals surface area contributed by atoms with Crippen molar-refractivity contribution in [2.24, 2.45) is 11.7 Å². The Morgan fingerprint density at radius 3 is 2.25 bits per heavy atom. The van der Waals surface area contributed by atoms with Crippen molar-refractivity contribution in [1.29, 1.82) is 0 Å². The molecule has 0 amide bonds. The number of halogens is 6. The van der Waals surface area contributed by atoms with Gasteiger partial charge in [0.1, 0.15) is 0 Å². The lowest BCUT2D eigenvalue weighted by molar-refractivity contribution is -0.137. The highest BCUT2D eigenvalue weighted by Crippen LogP contribution is 2.45. The summed E-state index contributed by atoms with van der Waals surface area (Å²) in [6, 6.07) is 14.7. The largest absolute Gasteiger partial charge is 0.416 e. The molecule has 3 unspecified atom stereocenters.